The third-order valence-electron chi connectivity index (χ3n) is 5.10. The number of nitrogens with zero attached hydrogens (tertiary/aromatic N) is 2. The van der Waals surface area contributed by atoms with Crippen LogP contribution in [-0.4, -0.2) is 55.5 Å². The summed E-state index contributed by atoms with van der Waals surface area (Å²) in [6, 6.07) is 9.94. The van der Waals surface area contributed by atoms with Crippen molar-refractivity contribution in [2.45, 2.75) is 51.6 Å². The van der Waals surface area contributed by atoms with E-state index in [1.54, 1.807) is 7.05 Å². The summed E-state index contributed by atoms with van der Waals surface area (Å²) in [5.41, 5.74) is 1.20. The molecule has 2 rings (SSSR count). The standard InChI is InChI=1S/C21H35N5O/c1-21(2,26-14-8-5-9-15-26)17-25-20(22-3)23-13-12-19(27)24-16-18-10-6-4-7-11-18/h4,6-7,10-11H,5,8-9,12-17H2,1-3H3,(H,24,27)(H2,22,23,25). The van der Waals surface area contributed by atoms with E-state index < -0.39 is 0 Å². The molecule has 0 spiro atoms. The van der Waals surface area contributed by atoms with Gasteiger partial charge in [-0.25, -0.2) is 0 Å². The third-order valence-corrected chi connectivity index (χ3v) is 5.10. The van der Waals surface area contributed by atoms with Gasteiger partial charge in [-0.3, -0.25) is 14.7 Å². The van der Waals surface area contributed by atoms with E-state index in [9.17, 15) is 4.79 Å². The Bertz CT molecular complexity index is 594. The smallest absolute Gasteiger partial charge is 0.222 e. The Kier molecular flexibility index (Phi) is 8.58. The molecule has 6 nitrogen and oxygen atoms in total. The lowest BCUT2D eigenvalue weighted by Gasteiger charge is -2.41. The summed E-state index contributed by atoms with van der Waals surface area (Å²) in [5.74, 6) is 0.784. The Morgan fingerprint density at radius 1 is 1.07 bits per heavy atom. The third kappa shape index (κ3) is 7.59. The van der Waals surface area contributed by atoms with Crippen molar-refractivity contribution in [3.63, 3.8) is 0 Å². The maximum absolute atomic E-state index is 12.0. The minimum Gasteiger partial charge on any atom is -0.356 e. The molecule has 0 saturated carbocycles. The Labute approximate surface area is 163 Å². The van der Waals surface area contributed by atoms with E-state index in [0.717, 1.165) is 18.1 Å². The summed E-state index contributed by atoms with van der Waals surface area (Å²) < 4.78 is 0. The zero-order valence-corrected chi connectivity index (χ0v) is 17.1. The van der Waals surface area contributed by atoms with E-state index in [2.05, 4.69) is 39.7 Å². The number of rotatable bonds is 8. The highest BCUT2D eigenvalue weighted by Crippen LogP contribution is 2.19. The number of benzene rings is 1. The number of hydrogen-bond donors (Lipinski definition) is 3. The molecule has 1 aliphatic heterocycles. The second kappa shape index (κ2) is 10.9. The summed E-state index contributed by atoms with van der Waals surface area (Å²) >= 11 is 0. The van der Waals surface area contributed by atoms with E-state index >= 15 is 0 Å². The maximum Gasteiger partial charge on any atom is 0.222 e. The summed E-state index contributed by atoms with van der Waals surface area (Å²) in [6.45, 7) is 8.84. The number of aliphatic imine (C=N–C) groups is 1. The van der Waals surface area contributed by atoms with Gasteiger partial charge in [-0.1, -0.05) is 36.8 Å². The maximum atomic E-state index is 12.0. The van der Waals surface area contributed by atoms with Crippen LogP contribution in [0.3, 0.4) is 0 Å². The van der Waals surface area contributed by atoms with Crippen LogP contribution in [0.5, 0.6) is 0 Å². The molecule has 1 saturated heterocycles. The lowest BCUT2D eigenvalue weighted by Crippen LogP contribution is -2.55. The molecule has 0 aromatic heterocycles. The molecule has 27 heavy (non-hydrogen) atoms. The molecule has 3 N–H and O–H groups in total. The zero-order chi connectivity index (χ0) is 19.5. The van der Waals surface area contributed by atoms with Crippen molar-refractivity contribution in [1.82, 2.24) is 20.9 Å². The second-order valence-electron chi connectivity index (χ2n) is 7.73. The van der Waals surface area contributed by atoms with Crippen LogP contribution in [0.25, 0.3) is 0 Å². The largest absolute Gasteiger partial charge is 0.356 e. The van der Waals surface area contributed by atoms with Crippen LogP contribution >= 0.6 is 0 Å². The number of hydrogen-bond acceptors (Lipinski definition) is 3. The Hall–Kier alpha value is -2.08. The summed E-state index contributed by atoms with van der Waals surface area (Å²) in [4.78, 5) is 18.8. The van der Waals surface area contributed by atoms with Crippen LogP contribution in [0.4, 0.5) is 0 Å². The van der Waals surface area contributed by atoms with Crippen LogP contribution in [0.2, 0.25) is 0 Å². The van der Waals surface area contributed by atoms with E-state index in [0.29, 0.717) is 19.5 Å². The average Bonchev–Trinajstić information content (AvgIpc) is 2.70. The number of likely N-dealkylation sites (tertiary alicyclic amines) is 1. The van der Waals surface area contributed by atoms with E-state index in [4.69, 9.17) is 0 Å². The van der Waals surface area contributed by atoms with Gasteiger partial charge in [0.15, 0.2) is 5.96 Å². The van der Waals surface area contributed by atoms with Gasteiger partial charge in [-0.2, -0.15) is 0 Å². The fourth-order valence-corrected chi connectivity index (χ4v) is 3.31. The van der Waals surface area contributed by atoms with Crippen LogP contribution < -0.4 is 16.0 Å². The second-order valence-corrected chi connectivity index (χ2v) is 7.73. The molecule has 6 heteroatoms. The predicted molar refractivity (Wildman–Crippen MR) is 112 cm³/mol. The van der Waals surface area contributed by atoms with Gasteiger partial charge < -0.3 is 16.0 Å². The predicted octanol–water partition coefficient (Wildman–Crippen LogP) is 2.12. The number of amides is 1. The van der Waals surface area contributed by atoms with Gasteiger partial charge in [-0.15, -0.1) is 0 Å². The van der Waals surface area contributed by atoms with Gasteiger partial charge in [-0.05, 0) is 45.3 Å². The van der Waals surface area contributed by atoms with Crippen molar-refractivity contribution in [3.8, 4) is 0 Å². The molecule has 1 aromatic carbocycles. The Morgan fingerprint density at radius 2 is 1.78 bits per heavy atom. The zero-order valence-electron chi connectivity index (χ0n) is 17.1. The molecule has 1 amide bonds. The number of piperidine rings is 1. The number of carbonyl (C=O) groups is 1. The van der Waals surface area contributed by atoms with Gasteiger partial charge in [0.2, 0.25) is 5.91 Å². The van der Waals surface area contributed by atoms with Gasteiger partial charge in [0, 0.05) is 38.6 Å². The first-order valence-electron chi connectivity index (χ1n) is 10.0. The van der Waals surface area contributed by atoms with Crippen LogP contribution in [0.15, 0.2) is 35.3 Å². The van der Waals surface area contributed by atoms with Gasteiger partial charge in [0.25, 0.3) is 0 Å². The normalized spacial score (nSPS) is 16.0. The van der Waals surface area contributed by atoms with Gasteiger partial charge >= 0.3 is 0 Å². The van der Waals surface area contributed by atoms with Crippen molar-refractivity contribution >= 4 is 11.9 Å². The van der Waals surface area contributed by atoms with Crippen LogP contribution in [0, 0.1) is 0 Å². The van der Waals surface area contributed by atoms with Crippen LogP contribution in [0.1, 0.15) is 45.1 Å². The van der Waals surface area contributed by atoms with Gasteiger partial charge in [0.1, 0.15) is 0 Å². The first kappa shape index (κ1) is 21.2. The molecule has 0 bridgehead atoms. The molecule has 1 aliphatic rings. The Balaban J connectivity index is 1.65. The quantitative estimate of drug-likeness (QED) is 0.482. The fourth-order valence-electron chi connectivity index (χ4n) is 3.31. The lowest BCUT2D eigenvalue weighted by molar-refractivity contribution is -0.121. The monoisotopic (exact) mass is 373 g/mol. The van der Waals surface area contributed by atoms with Crippen molar-refractivity contribution in [2.75, 3.05) is 33.2 Å². The molecule has 0 unspecified atom stereocenters. The van der Waals surface area contributed by atoms with Crippen LogP contribution in [-0.2, 0) is 11.3 Å². The Morgan fingerprint density at radius 3 is 2.44 bits per heavy atom. The topological polar surface area (TPSA) is 68.8 Å². The van der Waals surface area contributed by atoms with E-state index in [1.807, 2.05) is 30.3 Å². The van der Waals surface area contributed by atoms with E-state index in [1.165, 1.54) is 32.4 Å². The molecular weight excluding hydrogens is 338 g/mol. The molecule has 1 aromatic rings. The highest BCUT2D eigenvalue weighted by atomic mass is 16.1. The SMILES string of the molecule is CN=C(NCCC(=O)NCc1ccccc1)NCC(C)(C)N1CCCCC1. The first-order valence-corrected chi connectivity index (χ1v) is 10.0. The van der Waals surface area contributed by atoms with Crippen molar-refractivity contribution in [1.29, 1.82) is 0 Å². The summed E-state index contributed by atoms with van der Waals surface area (Å²) in [6.07, 6.45) is 4.33. The molecule has 1 fully saturated rings. The fraction of sp³-hybridized carbons (Fsp3) is 0.619. The minimum atomic E-state index is 0.0375. The molecule has 0 aliphatic carbocycles. The summed E-state index contributed by atoms with van der Waals surface area (Å²) in [7, 11) is 1.76. The number of carbonyl (C=O) groups excluding carboxylic acids is 1. The lowest BCUT2D eigenvalue weighted by atomic mass is 9.98. The molecule has 0 radical (unpaired) electrons. The van der Waals surface area contributed by atoms with E-state index in [-0.39, 0.29) is 11.4 Å². The molecule has 150 valence electrons. The van der Waals surface area contributed by atoms with Crippen molar-refractivity contribution in [2.24, 2.45) is 4.99 Å². The minimum absolute atomic E-state index is 0.0375. The molecule has 1 heterocycles. The first-order chi connectivity index (χ1) is 13.0. The molecule has 0 atom stereocenters. The summed E-state index contributed by atoms with van der Waals surface area (Å²) in [5, 5.41) is 9.58. The highest BCUT2D eigenvalue weighted by Gasteiger charge is 2.27. The van der Waals surface area contributed by atoms with Gasteiger partial charge in [0.05, 0.1) is 0 Å². The highest BCUT2D eigenvalue weighted by molar-refractivity contribution is 5.81. The number of nitrogens with one attached hydrogen (secondary N) is 3. The van der Waals surface area contributed by atoms with Crippen molar-refractivity contribution < 1.29 is 4.79 Å². The number of guanidine groups is 1. The molecular formula is C21H35N5O. The average molecular weight is 374 g/mol. The van der Waals surface area contributed by atoms with Crippen molar-refractivity contribution in [3.05, 3.63) is 35.9 Å².